The predicted molar refractivity (Wildman–Crippen MR) is 119 cm³/mol. The van der Waals surface area contributed by atoms with Gasteiger partial charge in [-0.3, -0.25) is 14.2 Å². The number of rotatable bonds is 8. The van der Waals surface area contributed by atoms with Crippen molar-refractivity contribution in [2.75, 3.05) is 25.6 Å². The van der Waals surface area contributed by atoms with Crippen molar-refractivity contribution >= 4 is 28.0 Å². The molecule has 0 radical (unpaired) electrons. The van der Waals surface area contributed by atoms with Crippen LogP contribution in [-0.4, -0.2) is 40.5 Å². The number of thiazole rings is 1. The zero-order valence-electron chi connectivity index (χ0n) is 16.9. The number of ether oxygens (including phenoxy) is 1. The van der Waals surface area contributed by atoms with Gasteiger partial charge in [-0.25, -0.2) is 4.98 Å². The van der Waals surface area contributed by atoms with Crippen molar-refractivity contribution in [3.63, 3.8) is 0 Å². The Kier molecular flexibility index (Phi) is 6.06. The zero-order valence-corrected chi connectivity index (χ0v) is 17.7. The Labute approximate surface area is 178 Å². The van der Waals surface area contributed by atoms with E-state index in [1.54, 1.807) is 19.5 Å². The van der Waals surface area contributed by atoms with Crippen LogP contribution in [0.1, 0.15) is 20.9 Å². The van der Waals surface area contributed by atoms with Crippen LogP contribution in [0, 0.1) is 6.92 Å². The fourth-order valence-corrected chi connectivity index (χ4v) is 4.29. The monoisotopic (exact) mass is 421 g/mol. The Hall–Kier alpha value is -3.23. The number of aryl methyl sites for hydroxylation is 1. The van der Waals surface area contributed by atoms with Crippen molar-refractivity contribution < 1.29 is 9.53 Å². The number of aromatic nitrogens is 3. The molecular formula is C22H23N5O2S. The van der Waals surface area contributed by atoms with Crippen LogP contribution >= 0.6 is 11.3 Å². The van der Waals surface area contributed by atoms with Gasteiger partial charge < -0.3 is 15.4 Å². The smallest absolute Gasteiger partial charge is 0.263 e. The standard InChI is InChI=1S/C22H23N5O2S/c1-15-19(21(28)25-14-16-8-10-23-11-9-16)30-22-26-18(17-6-4-3-5-7-17)20(27(15)22)24-12-13-29-2/h3-11,24H,12-14H2,1-2H3,(H,25,28). The first-order valence-electron chi connectivity index (χ1n) is 9.66. The van der Waals surface area contributed by atoms with Gasteiger partial charge in [-0.2, -0.15) is 0 Å². The number of hydrogen-bond acceptors (Lipinski definition) is 6. The average Bonchev–Trinajstić information content (AvgIpc) is 3.30. The molecule has 0 saturated carbocycles. The molecule has 1 aromatic carbocycles. The summed E-state index contributed by atoms with van der Waals surface area (Å²) in [6.07, 6.45) is 3.43. The normalized spacial score (nSPS) is 11.0. The second-order valence-electron chi connectivity index (χ2n) is 6.77. The van der Waals surface area contributed by atoms with Crippen molar-refractivity contribution in [2.24, 2.45) is 0 Å². The van der Waals surface area contributed by atoms with Crippen molar-refractivity contribution in [2.45, 2.75) is 13.5 Å². The Balaban J connectivity index is 1.66. The lowest BCUT2D eigenvalue weighted by atomic mass is 10.1. The number of imidazole rings is 1. The highest BCUT2D eigenvalue weighted by atomic mass is 32.1. The molecule has 4 aromatic rings. The largest absolute Gasteiger partial charge is 0.383 e. The van der Waals surface area contributed by atoms with E-state index in [1.807, 2.05) is 53.8 Å². The van der Waals surface area contributed by atoms with E-state index in [0.717, 1.165) is 33.3 Å². The van der Waals surface area contributed by atoms with Gasteiger partial charge in [-0.05, 0) is 24.6 Å². The Morgan fingerprint density at radius 2 is 1.93 bits per heavy atom. The maximum absolute atomic E-state index is 12.8. The van der Waals surface area contributed by atoms with Crippen LogP contribution in [0.25, 0.3) is 16.2 Å². The molecule has 154 valence electrons. The third kappa shape index (κ3) is 4.05. The number of hydrogen-bond donors (Lipinski definition) is 2. The summed E-state index contributed by atoms with van der Waals surface area (Å²) in [5.41, 5.74) is 3.75. The van der Waals surface area contributed by atoms with Crippen LogP contribution in [-0.2, 0) is 11.3 Å². The summed E-state index contributed by atoms with van der Waals surface area (Å²) in [6, 6.07) is 13.8. The van der Waals surface area contributed by atoms with Crippen molar-refractivity contribution in [1.29, 1.82) is 0 Å². The molecule has 0 unspecified atom stereocenters. The molecule has 7 nitrogen and oxygen atoms in total. The molecular weight excluding hydrogens is 398 g/mol. The van der Waals surface area contributed by atoms with Crippen molar-refractivity contribution in [1.82, 2.24) is 19.7 Å². The van der Waals surface area contributed by atoms with E-state index >= 15 is 0 Å². The Morgan fingerprint density at radius 3 is 2.67 bits per heavy atom. The van der Waals surface area contributed by atoms with E-state index in [-0.39, 0.29) is 5.91 Å². The van der Waals surface area contributed by atoms with Crippen molar-refractivity contribution in [3.8, 4) is 11.3 Å². The third-order valence-corrected chi connectivity index (χ3v) is 5.90. The SMILES string of the molecule is COCCNc1c(-c2ccccc2)nc2sc(C(=O)NCc3ccncc3)c(C)n12. The topological polar surface area (TPSA) is 80.5 Å². The maximum Gasteiger partial charge on any atom is 0.263 e. The molecule has 0 bridgehead atoms. The Morgan fingerprint density at radius 1 is 1.17 bits per heavy atom. The highest BCUT2D eigenvalue weighted by Gasteiger charge is 2.22. The summed E-state index contributed by atoms with van der Waals surface area (Å²) in [7, 11) is 1.67. The molecule has 4 rings (SSSR count). The van der Waals surface area contributed by atoms with Crippen LogP contribution in [0.5, 0.6) is 0 Å². The zero-order chi connectivity index (χ0) is 20.9. The molecule has 30 heavy (non-hydrogen) atoms. The van der Waals surface area contributed by atoms with Gasteiger partial charge in [0.05, 0.1) is 6.61 Å². The summed E-state index contributed by atoms with van der Waals surface area (Å²) in [5, 5.41) is 6.42. The van der Waals surface area contributed by atoms with E-state index < -0.39 is 0 Å². The summed E-state index contributed by atoms with van der Waals surface area (Å²) >= 11 is 1.39. The van der Waals surface area contributed by atoms with Crippen LogP contribution in [0.3, 0.4) is 0 Å². The first-order chi connectivity index (χ1) is 14.7. The molecule has 0 fully saturated rings. The van der Waals surface area contributed by atoms with Gasteiger partial charge in [0.1, 0.15) is 16.4 Å². The van der Waals surface area contributed by atoms with Gasteiger partial charge in [0, 0.05) is 43.9 Å². The van der Waals surface area contributed by atoms with Gasteiger partial charge in [0.15, 0.2) is 4.96 Å². The molecule has 3 aromatic heterocycles. The second-order valence-corrected chi connectivity index (χ2v) is 7.74. The number of carbonyl (C=O) groups excluding carboxylic acids is 1. The maximum atomic E-state index is 12.8. The fraction of sp³-hybridized carbons (Fsp3) is 0.227. The summed E-state index contributed by atoms with van der Waals surface area (Å²) in [6.45, 7) is 3.62. The van der Waals surface area contributed by atoms with E-state index in [9.17, 15) is 4.79 Å². The molecule has 0 spiro atoms. The highest BCUT2D eigenvalue weighted by Crippen LogP contribution is 2.34. The second kappa shape index (κ2) is 9.06. The van der Waals surface area contributed by atoms with Crippen LogP contribution in [0.15, 0.2) is 54.9 Å². The quantitative estimate of drug-likeness (QED) is 0.424. The molecule has 3 heterocycles. The highest BCUT2D eigenvalue weighted by molar-refractivity contribution is 7.19. The number of nitrogens with one attached hydrogen (secondary N) is 2. The van der Waals surface area contributed by atoms with E-state index in [1.165, 1.54) is 11.3 Å². The van der Waals surface area contributed by atoms with Gasteiger partial charge in [0.25, 0.3) is 5.91 Å². The van der Waals surface area contributed by atoms with Gasteiger partial charge in [-0.15, -0.1) is 0 Å². The van der Waals surface area contributed by atoms with E-state index in [4.69, 9.17) is 9.72 Å². The van der Waals surface area contributed by atoms with Gasteiger partial charge in [0.2, 0.25) is 0 Å². The molecule has 1 amide bonds. The Bertz CT molecular complexity index is 1140. The minimum absolute atomic E-state index is 0.107. The molecule has 0 atom stereocenters. The number of fused-ring (bicyclic) bond motifs is 1. The lowest BCUT2D eigenvalue weighted by molar-refractivity contribution is 0.0954. The molecule has 0 aliphatic rings. The molecule has 0 aliphatic carbocycles. The first kappa shape index (κ1) is 20.1. The van der Waals surface area contributed by atoms with Gasteiger partial charge in [-0.1, -0.05) is 41.7 Å². The van der Waals surface area contributed by atoms with Crippen molar-refractivity contribution in [3.05, 3.63) is 71.0 Å². The van der Waals surface area contributed by atoms with Crippen LogP contribution in [0.4, 0.5) is 5.82 Å². The summed E-state index contributed by atoms with van der Waals surface area (Å²) < 4.78 is 7.21. The molecule has 8 heteroatoms. The number of benzene rings is 1. The average molecular weight is 422 g/mol. The number of methoxy groups -OCH3 is 1. The molecule has 0 aliphatic heterocycles. The van der Waals surface area contributed by atoms with Crippen LogP contribution < -0.4 is 10.6 Å². The first-order valence-corrected chi connectivity index (χ1v) is 10.5. The summed E-state index contributed by atoms with van der Waals surface area (Å²) in [4.78, 5) is 23.1. The van der Waals surface area contributed by atoms with E-state index in [2.05, 4.69) is 15.6 Å². The number of carbonyl (C=O) groups is 1. The minimum atomic E-state index is -0.107. The van der Waals surface area contributed by atoms with Crippen LogP contribution in [0.2, 0.25) is 0 Å². The molecule has 0 saturated heterocycles. The number of nitrogens with zero attached hydrogens (tertiary/aromatic N) is 3. The lowest BCUT2D eigenvalue weighted by Crippen LogP contribution is -2.22. The number of pyridine rings is 1. The fourth-order valence-electron chi connectivity index (χ4n) is 3.25. The third-order valence-electron chi connectivity index (χ3n) is 4.76. The predicted octanol–water partition coefficient (Wildman–Crippen LogP) is 3.75. The summed E-state index contributed by atoms with van der Waals surface area (Å²) in [5.74, 6) is 0.763. The number of anilines is 1. The van der Waals surface area contributed by atoms with E-state index in [0.29, 0.717) is 24.6 Å². The molecule has 2 N–H and O–H groups in total. The minimum Gasteiger partial charge on any atom is -0.383 e. The lowest BCUT2D eigenvalue weighted by Gasteiger charge is -2.09. The van der Waals surface area contributed by atoms with Gasteiger partial charge >= 0.3 is 0 Å². The number of amides is 1.